The Morgan fingerprint density at radius 1 is 1.14 bits per heavy atom. The molecule has 0 aromatic carbocycles. The topological polar surface area (TPSA) is 33.1 Å². The van der Waals surface area contributed by atoms with Gasteiger partial charge in [-0.2, -0.15) is 0 Å². The summed E-state index contributed by atoms with van der Waals surface area (Å²) in [6.45, 7) is 5.86. The summed E-state index contributed by atoms with van der Waals surface area (Å²) in [7, 11) is 0. The second kappa shape index (κ2) is 7.41. The maximum absolute atomic E-state index is 4.10. The zero-order valence-corrected chi connectivity index (χ0v) is 13.4. The van der Waals surface area contributed by atoms with Crippen molar-refractivity contribution < 1.29 is 0 Å². The van der Waals surface area contributed by atoms with E-state index in [1.165, 1.54) is 58.0 Å². The molecule has 2 fully saturated rings. The highest BCUT2D eigenvalue weighted by Gasteiger charge is 2.39. The summed E-state index contributed by atoms with van der Waals surface area (Å²) in [6.07, 6.45) is 15.3. The number of nitrogens with one attached hydrogen (secondary N) is 1. The van der Waals surface area contributed by atoms with Crippen molar-refractivity contribution in [3.63, 3.8) is 0 Å². The van der Waals surface area contributed by atoms with Gasteiger partial charge in [0.1, 0.15) is 0 Å². The van der Waals surface area contributed by atoms with Gasteiger partial charge in [-0.3, -0.25) is 4.90 Å². The van der Waals surface area contributed by atoms with Crippen molar-refractivity contribution >= 4 is 0 Å². The monoisotopic (exact) mass is 290 g/mol. The van der Waals surface area contributed by atoms with Gasteiger partial charge < -0.3 is 9.88 Å². The molecule has 118 valence electrons. The molecule has 4 heteroatoms. The van der Waals surface area contributed by atoms with Crippen molar-refractivity contribution in [1.29, 1.82) is 0 Å². The molecule has 2 aliphatic heterocycles. The summed E-state index contributed by atoms with van der Waals surface area (Å²) in [5.41, 5.74) is 0. The molecule has 1 aromatic rings. The van der Waals surface area contributed by atoms with E-state index in [0.717, 1.165) is 24.7 Å². The number of unbranched alkanes of at least 4 members (excludes halogenated alkanes) is 1. The van der Waals surface area contributed by atoms with Crippen LogP contribution in [0.1, 0.15) is 51.9 Å². The molecule has 2 aliphatic rings. The third-order valence-corrected chi connectivity index (χ3v) is 5.21. The van der Waals surface area contributed by atoms with Gasteiger partial charge in [0.05, 0.1) is 6.33 Å². The lowest BCUT2D eigenvalue weighted by Crippen LogP contribution is -2.49. The van der Waals surface area contributed by atoms with Crippen LogP contribution in [0.5, 0.6) is 0 Å². The van der Waals surface area contributed by atoms with Crippen LogP contribution >= 0.6 is 0 Å². The summed E-state index contributed by atoms with van der Waals surface area (Å²) in [4.78, 5) is 6.92. The van der Waals surface area contributed by atoms with Crippen molar-refractivity contribution in [2.45, 2.75) is 76.5 Å². The van der Waals surface area contributed by atoms with E-state index in [2.05, 4.69) is 32.9 Å². The predicted octanol–water partition coefficient (Wildman–Crippen LogP) is 2.66. The molecule has 21 heavy (non-hydrogen) atoms. The molecule has 2 unspecified atom stereocenters. The molecule has 2 saturated heterocycles. The van der Waals surface area contributed by atoms with Gasteiger partial charge in [-0.15, -0.1) is 0 Å². The van der Waals surface area contributed by atoms with Crippen molar-refractivity contribution in [2.24, 2.45) is 0 Å². The first-order valence-corrected chi connectivity index (χ1v) is 8.81. The molecule has 0 radical (unpaired) electrons. The van der Waals surface area contributed by atoms with Gasteiger partial charge in [-0.05, 0) is 58.0 Å². The number of aromatic nitrogens is 2. The van der Waals surface area contributed by atoms with Gasteiger partial charge in [0.15, 0.2) is 0 Å². The average molecular weight is 290 g/mol. The Balaban J connectivity index is 1.39. The van der Waals surface area contributed by atoms with E-state index in [9.17, 15) is 0 Å². The van der Waals surface area contributed by atoms with Crippen LogP contribution in [0.3, 0.4) is 0 Å². The summed E-state index contributed by atoms with van der Waals surface area (Å²) >= 11 is 0. The number of hydrogen-bond acceptors (Lipinski definition) is 3. The average Bonchev–Trinajstić information content (AvgIpc) is 3.08. The van der Waals surface area contributed by atoms with Gasteiger partial charge in [0.2, 0.25) is 0 Å². The Labute approximate surface area is 128 Å². The lowest BCUT2D eigenvalue weighted by atomic mass is 9.97. The summed E-state index contributed by atoms with van der Waals surface area (Å²) in [5, 5.41) is 3.74. The van der Waals surface area contributed by atoms with Crippen molar-refractivity contribution in [2.75, 3.05) is 13.1 Å². The van der Waals surface area contributed by atoms with Crippen molar-refractivity contribution in [1.82, 2.24) is 19.8 Å². The Morgan fingerprint density at radius 2 is 1.90 bits per heavy atom. The molecule has 4 nitrogen and oxygen atoms in total. The van der Waals surface area contributed by atoms with Crippen LogP contribution in [0.4, 0.5) is 0 Å². The second-order valence-corrected chi connectivity index (χ2v) is 6.75. The van der Waals surface area contributed by atoms with Crippen LogP contribution in [0.15, 0.2) is 18.7 Å². The molecular formula is C17H30N4. The summed E-state index contributed by atoms with van der Waals surface area (Å²) in [6, 6.07) is 2.49. The SMILES string of the molecule is CCCNC1CC2CCC(C1)N2CCCCn1ccnc1. The van der Waals surface area contributed by atoms with Crippen LogP contribution in [0.25, 0.3) is 0 Å². The lowest BCUT2D eigenvalue weighted by molar-refractivity contribution is 0.114. The molecule has 2 atom stereocenters. The largest absolute Gasteiger partial charge is 0.337 e. The number of nitrogens with zero attached hydrogens (tertiary/aromatic N) is 3. The van der Waals surface area contributed by atoms with Crippen molar-refractivity contribution in [3.8, 4) is 0 Å². The lowest BCUT2D eigenvalue weighted by Gasteiger charge is -2.39. The van der Waals surface area contributed by atoms with Crippen LogP contribution < -0.4 is 5.32 Å². The highest BCUT2D eigenvalue weighted by molar-refractivity contribution is 4.97. The molecule has 0 saturated carbocycles. The molecule has 3 rings (SSSR count). The molecule has 3 heterocycles. The first kappa shape index (κ1) is 15.0. The molecule has 1 aromatic heterocycles. The van der Waals surface area contributed by atoms with Crippen LogP contribution in [-0.2, 0) is 6.54 Å². The second-order valence-electron chi connectivity index (χ2n) is 6.75. The van der Waals surface area contributed by atoms with Gasteiger partial charge in [0, 0.05) is 37.1 Å². The van der Waals surface area contributed by atoms with E-state index >= 15 is 0 Å². The molecule has 0 aliphatic carbocycles. The Kier molecular flexibility index (Phi) is 5.31. The number of rotatable bonds is 8. The molecule has 2 bridgehead atoms. The van der Waals surface area contributed by atoms with Crippen LogP contribution in [-0.4, -0.2) is 45.7 Å². The van der Waals surface area contributed by atoms with Gasteiger partial charge >= 0.3 is 0 Å². The fourth-order valence-corrected chi connectivity index (χ4v) is 4.16. The number of aryl methyl sites for hydroxylation is 1. The van der Waals surface area contributed by atoms with E-state index in [0.29, 0.717) is 0 Å². The first-order chi connectivity index (χ1) is 10.4. The Hall–Kier alpha value is -0.870. The molecular weight excluding hydrogens is 260 g/mol. The third-order valence-electron chi connectivity index (χ3n) is 5.21. The number of hydrogen-bond donors (Lipinski definition) is 1. The van der Waals surface area contributed by atoms with E-state index in [1.807, 2.05) is 12.5 Å². The van der Waals surface area contributed by atoms with Gasteiger partial charge in [0.25, 0.3) is 0 Å². The minimum absolute atomic E-state index is 0.782. The quantitative estimate of drug-likeness (QED) is 0.747. The van der Waals surface area contributed by atoms with Crippen LogP contribution in [0, 0.1) is 0 Å². The fourth-order valence-electron chi connectivity index (χ4n) is 4.16. The number of imidazole rings is 1. The van der Waals surface area contributed by atoms with Crippen LogP contribution in [0.2, 0.25) is 0 Å². The maximum Gasteiger partial charge on any atom is 0.0945 e. The number of piperidine rings is 1. The van der Waals surface area contributed by atoms with Crippen molar-refractivity contribution in [3.05, 3.63) is 18.7 Å². The van der Waals surface area contributed by atoms with E-state index in [4.69, 9.17) is 0 Å². The smallest absolute Gasteiger partial charge is 0.0945 e. The highest BCUT2D eigenvalue weighted by Crippen LogP contribution is 2.35. The maximum atomic E-state index is 4.10. The predicted molar refractivity (Wildman–Crippen MR) is 86.3 cm³/mol. The summed E-state index contributed by atoms with van der Waals surface area (Å²) < 4.78 is 2.19. The van der Waals surface area contributed by atoms with Gasteiger partial charge in [-0.1, -0.05) is 6.92 Å². The molecule has 0 spiro atoms. The van der Waals surface area contributed by atoms with Gasteiger partial charge in [-0.25, -0.2) is 4.98 Å². The third kappa shape index (κ3) is 3.86. The molecule has 0 amide bonds. The first-order valence-electron chi connectivity index (χ1n) is 8.81. The van der Waals surface area contributed by atoms with E-state index in [-0.39, 0.29) is 0 Å². The minimum Gasteiger partial charge on any atom is -0.337 e. The standard InChI is InChI=1S/C17H30N4/c1-2-7-19-15-12-16-5-6-17(13-15)21(16)10-4-3-9-20-11-8-18-14-20/h8,11,14-17,19H,2-7,9-10,12-13H2,1H3. The Bertz CT molecular complexity index is 389. The van der Waals surface area contributed by atoms with E-state index < -0.39 is 0 Å². The number of fused-ring (bicyclic) bond motifs is 2. The highest BCUT2D eigenvalue weighted by atomic mass is 15.2. The normalized spacial score (nSPS) is 29.1. The fraction of sp³-hybridized carbons (Fsp3) is 0.824. The zero-order valence-electron chi connectivity index (χ0n) is 13.4. The summed E-state index contributed by atoms with van der Waals surface area (Å²) in [5.74, 6) is 0. The Morgan fingerprint density at radius 3 is 2.57 bits per heavy atom. The van der Waals surface area contributed by atoms with E-state index in [1.54, 1.807) is 0 Å². The minimum atomic E-state index is 0.782. The zero-order chi connectivity index (χ0) is 14.5. The molecule has 1 N–H and O–H groups in total.